The molecular formula is C33H48BrCl3O3Si2. The average Bonchev–Trinajstić information content (AvgIpc) is 2.85. The third kappa shape index (κ3) is 11.1. The Morgan fingerprint density at radius 1 is 0.643 bits per heavy atom. The van der Waals surface area contributed by atoms with Gasteiger partial charge >= 0.3 is 0 Å². The van der Waals surface area contributed by atoms with Crippen LogP contribution in [0.4, 0.5) is 0 Å². The molecule has 234 valence electrons. The summed E-state index contributed by atoms with van der Waals surface area (Å²) in [6.07, 6.45) is 0. The van der Waals surface area contributed by atoms with Crippen LogP contribution in [0.1, 0.15) is 58.2 Å². The average molecular weight is 735 g/mol. The number of halogens is 4. The van der Waals surface area contributed by atoms with Crippen molar-refractivity contribution in [2.45, 2.75) is 97.0 Å². The number of phenols is 1. The molecule has 9 heteroatoms. The number of alkyl halides is 1. The van der Waals surface area contributed by atoms with Gasteiger partial charge in [0.2, 0.25) is 0 Å². The van der Waals surface area contributed by atoms with E-state index in [-0.39, 0.29) is 15.8 Å². The van der Waals surface area contributed by atoms with Crippen molar-refractivity contribution < 1.29 is 14.0 Å². The Labute approximate surface area is 280 Å². The lowest BCUT2D eigenvalue weighted by Gasteiger charge is -2.37. The largest absolute Gasteiger partial charge is 0.542 e. The monoisotopic (exact) mass is 732 g/mol. The number of aromatic hydroxyl groups is 1. The third-order valence-corrected chi connectivity index (χ3v) is 18.0. The molecule has 0 heterocycles. The van der Waals surface area contributed by atoms with Gasteiger partial charge in [-0.2, -0.15) is 0 Å². The molecule has 3 rings (SSSR count). The zero-order chi connectivity index (χ0) is 32.7. The second kappa shape index (κ2) is 15.7. The molecule has 0 fully saturated rings. The number of phenolic OH excluding ortho intramolecular Hbond substituents is 1. The molecule has 1 N–H and O–H groups in total. The first kappa shape index (κ1) is 38.9. The summed E-state index contributed by atoms with van der Waals surface area (Å²) in [5.41, 5.74) is 3.03. The second-order valence-corrected chi connectivity index (χ2v) is 24.6. The van der Waals surface area contributed by atoms with E-state index in [9.17, 15) is 0 Å². The maximum atomic E-state index is 9.07. The van der Waals surface area contributed by atoms with E-state index in [1.807, 2.05) is 43.3 Å². The standard InChI is InChI=1S/C13H20BrClOSi.C13H21ClOSi.C7H7ClO/c1-13(2,3)17(4,5)16-12-10(9-14)7-6-8-11(12)15;1-10-8-7-9-11(14)12(10)15-16(5,6)13(2,3)4;1-5-3-2-4-6(8)7(5)9/h6-8H,9H2,1-5H3;7-9H,1-6H3;2-4,9H,1H3. The van der Waals surface area contributed by atoms with Crippen LogP contribution < -0.4 is 8.85 Å². The lowest BCUT2D eigenvalue weighted by Crippen LogP contribution is -2.44. The van der Waals surface area contributed by atoms with Crippen LogP contribution in [-0.4, -0.2) is 21.7 Å². The molecule has 3 aromatic carbocycles. The van der Waals surface area contributed by atoms with Crippen LogP contribution >= 0.6 is 50.7 Å². The molecular weight excluding hydrogens is 687 g/mol. The van der Waals surface area contributed by atoms with Crippen molar-refractivity contribution in [1.82, 2.24) is 0 Å². The predicted octanol–water partition coefficient (Wildman–Crippen LogP) is 13.0. The maximum Gasteiger partial charge on any atom is 0.250 e. The molecule has 0 spiro atoms. The molecule has 0 aliphatic heterocycles. The van der Waals surface area contributed by atoms with Gasteiger partial charge in [-0.25, -0.2) is 0 Å². The number of aryl methyl sites for hydroxylation is 2. The number of benzene rings is 3. The van der Waals surface area contributed by atoms with Crippen LogP contribution in [0.2, 0.25) is 51.3 Å². The quantitative estimate of drug-likeness (QED) is 0.210. The fourth-order valence-corrected chi connectivity index (χ4v) is 6.39. The van der Waals surface area contributed by atoms with Crippen molar-refractivity contribution in [3.05, 3.63) is 86.4 Å². The molecule has 0 saturated carbocycles. The van der Waals surface area contributed by atoms with Gasteiger partial charge in [0, 0.05) is 10.9 Å². The summed E-state index contributed by atoms with van der Waals surface area (Å²) in [5, 5.41) is 12.0. The van der Waals surface area contributed by atoms with Crippen molar-refractivity contribution >= 4 is 67.4 Å². The van der Waals surface area contributed by atoms with Gasteiger partial charge in [-0.15, -0.1) is 0 Å². The van der Waals surface area contributed by atoms with Crippen LogP contribution in [0, 0.1) is 13.8 Å². The van der Waals surface area contributed by atoms with Crippen molar-refractivity contribution in [2.24, 2.45) is 0 Å². The zero-order valence-corrected chi connectivity index (χ0v) is 33.0. The Morgan fingerprint density at radius 3 is 1.40 bits per heavy atom. The van der Waals surface area contributed by atoms with Gasteiger partial charge in [0.15, 0.2) is 0 Å². The highest BCUT2D eigenvalue weighted by atomic mass is 79.9. The molecule has 0 amide bonds. The fourth-order valence-electron chi connectivity index (χ4n) is 2.96. The molecule has 3 nitrogen and oxygen atoms in total. The van der Waals surface area contributed by atoms with Gasteiger partial charge in [-0.1, -0.05) is 129 Å². The molecule has 0 atom stereocenters. The first-order valence-electron chi connectivity index (χ1n) is 14.0. The number of rotatable bonds is 5. The van der Waals surface area contributed by atoms with E-state index in [0.717, 1.165) is 33.5 Å². The van der Waals surface area contributed by atoms with Crippen LogP contribution in [0.5, 0.6) is 17.2 Å². The number of para-hydroxylation sites is 3. The highest BCUT2D eigenvalue weighted by Crippen LogP contribution is 2.42. The predicted molar refractivity (Wildman–Crippen MR) is 194 cm³/mol. The molecule has 0 bridgehead atoms. The molecule has 0 radical (unpaired) electrons. The van der Waals surface area contributed by atoms with Crippen LogP contribution in [0.15, 0.2) is 54.6 Å². The molecule has 3 aromatic rings. The lowest BCUT2D eigenvalue weighted by atomic mass is 10.2. The highest BCUT2D eigenvalue weighted by molar-refractivity contribution is 9.08. The van der Waals surface area contributed by atoms with E-state index in [4.69, 9.17) is 48.8 Å². The van der Waals surface area contributed by atoms with Crippen molar-refractivity contribution in [3.63, 3.8) is 0 Å². The summed E-state index contributed by atoms with van der Waals surface area (Å²) >= 11 is 21.5. The Balaban J connectivity index is 0.000000329. The van der Waals surface area contributed by atoms with Gasteiger partial charge in [0.05, 0.1) is 15.1 Å². The first-order valence-corrected chi connectivity index (χ1v) is 22.0. The zero-order valence-electron chi connectivity index (χ0n) is 27.2. The third-order valence-electron chi connectivity index (χ3n) is 7.87. The fraction of sp³-hybridized carbons (Fsp3) is 0.455. The Hall–Kier alpha value is -1.16. The summed E-state index contributed by atoms with van der Waals surface area (Å²) < 4.78 is 12.5. The minimum absolute atomic E-state index is 0.176. The van der Waals surface area contributed by atoms with Crippen molar-refractivity contribution in [1.29, 1.82) is 0 Å². The summed E-state index contributed by atoms with van der Waals surface area (Å²) in [6.45, 7) is 26.1. The van der Waals surface area contributed by atoms with Crippen LogP contribution in [0.25, 0.3) is 0 Å². The lowest BCUT2D eigenvalue weighted by molar-refractivity contribution is 0.471. The smallest absolute Gasteiger partial charge is 0.250 e. The molecule has 0 aromatic heterocycles. The molecule has 0 saturated heterocycles. The van der Waals surface area contributed by atoms with E-state index in [1.165, 1.54) is 0 Å². The molecule has 42 heavy (non-hydrogen) atoms. The Kier molecular flexibility index (Phi) is 14.5. The van der Waals surface area contributed by atoms with Gasteiger partial charge in [-0.05, 0) is 79.4 Å². The first-order chi connectivity index (χ1) is 19.1. The normalized spacial score (nSPS) is 12.0. The van der Waals surface area contributed by atoms with Crippen molar-refractivity contribution in [2.75, 3.05) is 0 Å². The van der Waals surface area contributed by atoms with E-state index < -0.39 is 16.6 Å². The van der Waals surface area contributed by atoms with Gasteiger partial charge in [0.25, 0.3) is 16.6 Å². The Morgan fingerprint density at radius 2 is 1.02 bits per heavy atom. The van der Waals surface area contributed by atoms with Gasteiger partial charge < -0.3 is 14.0 Å². The summed E-state index contributed by atoms with van der Waals surface area (Å²) in [6, 6.07) is 17.0. The van der Waals surface area contributed by atoms with E-state index in [2.05, 4.69) is 83.7 Å². The summed E-state index contributed by atoms with van der Waals surface area (Å²) in [4.78, 5) is 0. The topological polar surface area (TPSA) is 38.7 Å². The summed E-state index contributed by atoms with van der Waals surface area (Å²) in [7, 11) is -3.62. The second-order valence-electron chi connectivity index (χ2n) is 13.4. The van der Waals surface area contributed by atoms with Crippen molar-refractivity contribution in [3.8, 4) is 17.2 Å². The van der Waals surface area contributed by atoms with Gasteiger partial charge in [-0.3, -0.25) is 0 Å². The van der Waals surface area contributed by atoms with Gasteiger partial charge in [0.1, 0.15) is 17.2 Å². The van der Waals surface area contributed by atoms with Crippen LogP contribution in [-0.2, 0) is 5.33 Å². The summed E-state index contributed by atoms with van der Waals surface area (Å²) in [5.74, 6) is 1.88. The SMILES string of the molecule is CC(C)(C)[Si](C)(C)Oc1c(Cl)cccc1CBr.Cc1cccc(Cl)c1O.Cc1cccc(Cl)c1O[Si](C)(C)C(C)(C)C. The van der Waals surface area contributed by atoms with Crippen LogP contribution in [0.3, 0.4) is 0 Å². The number of hydrogen-bond acceptors (Lipinski definition) is 3. The maximum absolute atomic E-state index is 9.07. The minimum Gasteiger partial charge on any atom is -0.542 e. The minimum atomic E-state index is -1.83. The highest BCUT2D eigenvalue weighted by Gasteiger charge is 2.40. The van der Waals surface area contributed by atoms with E-state index in [1.54, 1.807) is 25.1 Å². The Bertz CT molecular complexity index is 1280. The van der Waals surface area contributed by atoms with E-state index >= 15 is 0 Å². The molecule has 0 aliphatic carbocycles. The number of hydrogen-bond donors (Lipinski definition) is 1. The van der Waals surface area contributed by atoms with E-state index in [0.29, 0.717) is 15.1 Å². The molecule has 0 aliphatic rings. The molecule has 0 unspecified atom stereocenters.